The van der Waals surface area contributed by atoms with Crippen molar-refractivity contribution in [2.24, 2.45) is 0 Å². The zero-order valence-electron chi connectivity index (χ0n) is 7.03. The number of amides is 1. The molecule has 0 radical (unpaired) electrons. The van der Waals surface area contributed by atoms with Crippen LogP contribution in [0.1, 0.15) is 12.5 Å². The number of hydrogen-bond donors (Lipinski definition) is 2. The standard InChI is InChI=1S/C9H8N2O2/c1-6(12)11-9-4-8(13)3-2-7(9)5-10/h2-4,13H,1H3,(H,11,12). The third kappa shape index (κ3) is 2.20. The lowest BCUT2D eigenvalue weighted by molar-refractivity contribution is -0.114. The van der Waals surface area contributed by atoms with Crippen molar-refractivity contribution in [3.05, 3.63) is 23.8 Å². The van der Waals surface area contributed by atoms with Crippen molar-refractivity contribution in [3.63, 3.8) is 0 Å². The van der Waals surface area contributed by atoms with Crippen LogP contribution in [-0.2, 0) is 4.79 Å². The number of aromatic hydroxyl groups is 1. The van der Waals surface area contributed by atoms with Crippen LogP contribution in [0.5, 0.6) is 5.75 Å². The summed E-state index contributed by atoms with van der Waals surface area (Å²) in [5, 5.41) is 20.2. The number of anilines is 1. The van der Waals surface area contributed by atoms with E-state index in [4.69, 9.17) is 10.4 Å². The lowest BCUT2D eigenvalue weighted by Gasteiger charge is -2.03. The maximum atomic E-state index is 10.7. The number of carbonyl (C=O) groups excluding carboxylic acids is 1. The van der Waals surface area contributed by atoms with Crippen LogP contribution >= 0.6 is 0 Å². The molecule has 0 fully saturated rings. The van der Waals surface area contributed by atoms with Gasteiger partial charge in [0.15, 0.2) is 0 Å². The van der Waals surface area contributed by atoms with Gasteiger partial charge in [0.25, 0.3) is 0 Å². The molecule has 66 valence electrons. The largest absolute Gasteiger partial charge is 0.508 e. The Balaban J connectivity index is 3.10. The molecule has 1 amide bonds. The molecule has 0 heterocycles. The second-order valence-electron chi connectivity index (χ2n) is 2.52. The monoisotopic (exact) mass is 176 g/mol. The molecule has 1 aromatic carbocycles. The molecule has 0 bridgehead atoms. The molecule has 13 heavy (non-hydrogen) atoms. The lowest BCUT2D eigenvalue weighted by atomic mass is 10.2. The molecular formula is C9H8N2O2. The third-order valence-electron chi connectivity index (χ3n) is 1.43. The molecule has 0 aliphatic heterocycles. The number of rotatable bonds is 1. The van der Waals surface area contributed by atoms with E-state index in [0.717, 1.165) is 0 Å². The Morgan fingerprint density at radius 3 is 2.85 bits per heavy atom. The molecule has 0 saturated carbocycles. The van der Waals surface area contributed by atoms with E-state index in [0.29, 0.717) is 11.3 Å². The zero-order valence-corrected chi connectivity index (χ0v) is 7.03. The summed E-state index contributed by atoms with van der Waals surface area (Å²) in [7, 11) is 0. The Hall–Kier alpha value is -2.02. The van der Waals surface area contributed by atoms with Gasteiger partial charge in [0, 0.05) is 13.0 Å². The summed E-state index contributed by atoms with van der Waals surface area (Å²) in [4.78, 5) is 10.7. The highest BCUT2D eigenvalue weighted by Gasteiger charge is 2.03. The minimum Gasteiger partial charge on any atom is -0.508 e. The topological polar surface area (TPSA) is 73.1 Å². The molecule has 0 spiro atoms. The van der Waals surface area contributed by atoms with Crippen molar-refractivity contribution >= 4 is 11.6 Å². The third-order valence-corrected chi connectivity index (χ3v) is 1.43. The van der Waals surface area contributed by atoms with Gasteiger partial charge in [-0.25, -0.2) is 0 Å². The summed E-state index contributed by atoms with van der Waals surface area (Å²) in [5.74, 6) is -0.259. The van der Waals surface area contributed by atoms with Crippen LogP contribution in [0, 0.1) is 11.3 Å². The molecule has 0 aliphatic carbocycles. The normalized spacial score (nSPS) is 8.92. The van der Waals surface area contributed by atoms with E-state index in [9.17, 15) is 4.79 Å². The first-order valence-corrected chi connectivity index (χ1v) is 3.64. The van der Waals surface area contributed by atoms with Crippen LogP contribution in [0.2, 0.25) is 0 Å². The molecule has 2 N–H and O–H groups in total. The number of nitriles is 1. The Morgan fingerprint density at radius 2 is 2.31 bits per heavy atom. The maximum absolute atomic E-state index is 10.7. The molecule has 0 unspecified atom stereocenters. The molecule has 1 aromatic rings. The average Bonchev–Trinajstić information content (AvgIpc) is 2.03. The second kappa shape index (κ2) is 3.59. The predicted molar refractivity (Wildman–Crippen MR) is 47.1 cm³/mol. The fraction of sp³-hybridized carbons (Fsp3) is 0.111. The Bertz CT molecular complexity index is 380. The number of phenols is 1. The highest BCUT2D eigenvalue weighted by atomic mass is 16.3. The zero-order chi connectivity index (χ0) is 9.84. The number of carbonyl (C=O) groups is 1. The number of nitrogens with zero attached hydrogens (tertiary/aromatic N) is 1. The summed E-state index contributed by atoms with van der Waals surface area (Å²) in [6.07, 6.45) is 0. The quantitative estimate of drug-likeness (QED) is 0.675. The van der Waals surface area contributed by atoms with Gasteiger partial charge in [-0.2, -0.15) is 5.26 Å². The van der Waals surface area contributed by atoms with E-state index in [1.54, 1.807) is 0 Å². The van der Waals surface area contributed by atoms with Gasteiger partial charge in [0.1, 0.15) is 11.8 Å². The van der Waals surface area contributed by atoms with Gasteiger partial charge in [0.2, 0.25) is 5.91 Å². The van der Waals surface area contributed by atoms with Crippen molar-refractivity contribution in [2.75, 3.05) is 5.32 Å². The Labute approximate surface area is 75.4 Å². The minimum atomic E-state index is -0.276. The van der Waals surface area contributed by atoms with Gasteiger partial charge in [-0.15, -0.1) is 0 Å². The van der Waals surface area contributed by atoms with Crippen LogP contribution in [0.15, 0.2) is 18.2 Å². The fourth-order valence-electron chi connectivity index (χ4n) is 0.923. The van der Waals surface area contributed by atoms with Crippen molar-refractivity contribution in [2.45, 2.75) is 6.92 Å². The summed E-state index contributed by atoms with van der Waals surface area (Å²) < 4.78 is 0. The van der Waals surface area contributed by atoms with Crippen molar-refractivity contribution in [3.8, 4) is 11.8 Å². The molecule has 0 aromatic heterocycles. The average molecular weight is 176 g/mol. The highest BCUT2D eigenvalue weighted by molar-refractivity contribution is 5.90. The molecule has 0 saturated heterocycles. The number of hydrogen-bond acceptors (Lipinski definition) is 3. The van der Waals surface area contributed by atoms with Gasteiger partial charge in [0.05, 0.1) is 11.3 Å². The minimum absolute atomic E-state index is 0.0164. The van der Waals surface area contributed by atoms with E-state index in [2.05, 4.69) is 5.32 Å². The van der Waals surface area contributed by atoms with Gasteiger partial charge in [-0.05, 0) is 12.1 Å². The Kier molecular flexibility index (Phi) is 2.50. The lowest BCUT2D eigenvalue weighted by Crippen LogP contribution is -2.06. The van der Waals surface area contributed by atoms with Crippen molar-refractivity contribution in [1.82, 2.24) is 0 Å². The van der Waals surface area contributed by atoms with Crippen LogP contribution in [0.25, 0.3) is 0 Å². The van der Waals surface area contributed by atoms with E-state index in [1.807, 2.05) is 6.07 Å². The molecule has 0 atom stereocenters. The predicted octanol–water partition coefficient (Wildman–Crippen LogP) is 1.22. The van der Waals surface area contributed by atoms with Gasteiger partial charge in [-0.1, -0.05) is 0 Å². The first-order valence-electron chi connectivity index (χ1n) is 3.64. The second-order valence-corrected chi connectivity index (χ2v) is 2.52. The van der Waals surface area contributed by atoms with Crippen LogP contribution in [0.3, 0.4) is 0 Å². The van der Waals surface area contributed by atoms with Gasteiger partial charge in [-0.3, -0.25) is 4.79 Å². The van der Waals surface area contributed by atoms with Crippen molar-refractivity contribution < 1.29 is 9.90 Å². The van der Waals surface area contributed by atoms with E-state index < -0.39 is 0 Å². The summed E-state index contributed by atoms with van der Waals surface area (Å²) in [5.41, 5.74) is 0.656. The van der Waals surface area contributed by atoms with Gasteiger partial charge < -0.3 is 10.4 Å². The van der Waals surface area contributed by atoms with E-state index >= 15 is 0 Å². The highest BCUT2D eigenvalue weighted by Crippen LogP contribution is 2.20. The fourth-order valence-corrected chi connectivity index (χ4v) is 0.923. The van der Waals surface area contributed by atoms with Crippen LogP contribution in [0.4, 0.5) is 5.69 Å². The molecule has 4 nitrogen and oxygen atoms in total. The first kappa shape index (κ1) is 9.07. The van der Waals surface area contributed by atoms with Gasteiger partial charge >= 0.3 is 0 Å². The molecular weight excluding hydrogens is 168 g/mol. The first-order chi connectivity index (χ1) is 6.13. The Morgan fingerprint density at radius 1 is 1.62 bits per heavy atom. The molecule has 1 rings (SSSR count). The van der Waals surface area contributed by atoms with E-state index in [-0.39, 0.29) is 11.7 Å². The van der Waals surface area contributed by atoms with E-state index in [1.165, 1.54) is 25.1 Å². The maximum Gasteiger partial charge on any atom is 0.221 e. The molecule has 0 aliphatic rings. The number of benzene rings is 1. The summed E-state index contributed by atoms with van der Waals surface area (Å²) in [6.45, 7) is 1.34. The summed E-state index contributed by atoms with van der Waals surface area (Å²) >= 11 is 0. The molecule has 4 heteroatoms. The summed E-state index contributed by atoms with van der Waals surface area (Å²) in [6, 6.07) is 6.07. The number of nitrogens with one attached hydrogen (secondary N) is 1. The van der Waals surface area contributed by atoms with Crippen molar-refractivity contribution in [1.29, 1.82) is 5.26 Å². The van der Waals surface area contributed by atoms with Crippen LogP contribution < -0.4 is 5.32 Å². The SMILES string of the molecule is CC(=O)Nc1cc(O)ccc1C#N. The number of phenolic OH excluding ortho intramolecular Hbond substituents is 1. The smallest absolute Gasteiger partial charge is 0.221 e. The van der Waals surface area contributed by atoms with Crippen LogP contribution in [-0.4, -0.2) is 11.0 Å².